The molecule has 28 heavy (non-hydrogen) atoms. The first-order chi connectivity index (χ1) is 13.3. The van der Waals surface area contributed by atoms with Gasteiger partial charge in [0.2, 0.25) is 5.91 Å². The minimum Gasteiger partial charge on any atom is -0.323 e. The lowest BCUT2D eigenvalue weighted by atomic mass is 10.2. The Morgan fingerprint density at radius 3 is 2.68 bits per heavy atom. The number of thioether (sulfide) groups is 1. The Bertz CT molecular complexity index is 1020. The quantitative estimate of drug-likeness (QED) is 0.448. The van der Waals surface area contributed by atoms with E-state index in [0.717, 1.165) is 4.90 Å². The summed E-state index contributed by atoms with van der Waals surface area (Å²) in [7, 11) is 0. The van der Waals surface area contributed by atoms with E-state index in [-0.39, 0.29) is 10.6 Å². The molecule has 2 aromatic rings. The summed E-state index contributed by atoms with van der Waals surface area (Å²) >= 11 is 6.63. The van der Waals surface area contributed by atoms with Gasteiger partial charge in [0.1, 0.15) is 6.54 Å². The van der Waals surface area contributed by atoms with Crippen molar-refractivity contribution in [3.05, 3.63) is 74.1 Å². The van der Waals surface area contributed by atoms with Gasteiger partial charge < -0.3 is 5.32 Å². The van der Waals surface area contributed by atoms with Crippen LogP contribution in [0.1, 0.15) is 5.56 Å². The third-order valence-electron chi connectivity index (χ3n) is 3.70. The van der Waals surface area contributed by atoms with Crippen molar-refractivity contribution in [1.82, 2.24) is 4.90 Å². The Morgan fingerprint density at radius 2 is 1.96 bits per heavy atom. The van der Waals surface area contributed by atoms with E-state index in [1.54, 1.807) is 30.3 Å². The highest BCUT2D eigenvalue weighted by Gasteiger charge is 2.36. The molecule has 3 rings (SSSR count). The van der Waals surface area contributed by atoms with Crippen LogP contribution in [0.2, 0.25) is 5.02 Å². The summed E-state index contributed by atoms with van der Waals surface area (Å²) in [5, 5.41) is 13.1. The zero-order chi connectivity index (χ0) is 20.3. The molecule has 0 saturated carbocycles. The van der Waals surface area contributed by atoms with Crippen LogP contribution >= 0.6 is 23.4 Å². The third-order valence-corrected chi connectivity index (χ3v) is 4.94. The summed E-state index contributed by atoms with van der Waals surface area (Å²) in [6, 6.07) is 12.2. The molecule has 0 aliphatic carbocycles. The summed E-state index contributed by atoms with van der Waals surface area (Å²) < 4.78 is 0. The summed E-state index contributed by atoms with van der Waals surface area (Å²) in [5.41, 5.74) is 0.639. The number of carbonyl (C=O) groups excluding carboxylic acids is 3. The number of nitro groups is 1. The fourth-order valence-electron chi connectivity index (χ4n) is 2.41. The second-order valence-electron chi connectivity index (χ2n) is 5.65. The van der Waals surface area contributed by atoms with Gasteiger partial charge in [0.25, 0.3) is 16.8 Å². The first kappa shape index (κ1) is 19.6. The predicted octanol–water partition coefficient (Wildman–Crippen LogP) is 3.92. The monoisotopic (exact) mass is 417 g/mol. The number of hydrogen-bond acceptors (Lipinski definition) is 6. The average Bonchev–Trinajstić information content (AvgIpc) is 2.91. The number of halogens is 1. The van der Waals surface area contributed by atoms with Crippen LogP contribution < -0.4 is 5.32 Å². The topological polar surface area (TPSA) is 110 Å². The maximum atomic E-state index is 12.5. The Balaban J connectivity index is 1.73. The van der Waals surface area contributed by atoms with E-state index in [9.17, 15) is 24.5 Å². The number of imide groups is 1. The Morgan fingerprint density at radius 1 is 1.21 bits per heavy atom. The molecule has 2 aromatic carbocycles. The molecule has 0 aromatic heterocycles. The van der Waals surface area contributed by atoms with Gasteiger partial charge in [0.05, 0.1) is 20.5 Å². The number of carbonyl (C=O) groups is 3. The lowest BCUT2D eigenvalue weighted by Crippen LogP contribution is -2.36. The molecule has 1 N–H and O–H groups in total. The van der Waals surface area contributed by atoms with Crippen LogP contribution in [-0.4, -0.2) is 33.4 Å². The van der Waals surface area contributed by atoms with E-state index < -0.39 is 28.5 Å². The fraction of sp³-hybridized carbons (Fsp3) is 0.0556. The molecular formula is C18H12ClN3O5S. The van der Waals surface area contributed by atoms with E-state index in [4.69, 9.17) is 11.6 Å². The number of nitrogens with one attached hydrogen (secondary N) is 1. The van der Waals surface area contributed by atoms with Crippen molar-refractivity contribution in [3.8, 4) is 0 Å². The second kappa shape index (κ2) is 8.24. The average molecular weight is 418 g/mol. The Labute approximate surface area is 168 Å². The van der Waals surface area contributed by atoms with Gasteiger partial charge in [-0.1, -0.05) is 35.9 Å². The van der Waals surface area contributed by atoms with Gasteiger partial charge in [0.15, 0.2) is 0 Å². The molecular weight excluding hydrogens is 406 g/mol. The van der Waals surface area contributed by atoms with Crippen molar-refractivity contribution in [2.45, 2.75) is 0 Å². The van der Waals surface area contributed by atoms with E-state index in [1.165, 1.54) is 24.3 Å². The highest BCUT2D eigenvalue weighted by Crippen LogP contribution is 2.32. The number of non-ortho nitro benzene ring substituents is 1. The maximum Gasteiger partial charge on any atom is 0.294 e. The summed E-state index contributed by atoms with van der Waals surface area (Å²) in [6.45, 7) is -0.470. The molecule has 1 fully saturated rings. The zero-order valence-corrected chi connectivity index (χ0v) is 15.7. The number of hydrogen-bond donors (Lipinski definition) is 1. The van der Waals surface area contributed by atoms with Crippen LogP contribution in [0, 0.1) is 10.1 Å². The number of anilines is 1. The van der Waals surface area contributed by atoms with Gasteiger partial charge in [-0.25, -0.2) is 0 Å². The normalized spacial score (nSPS) is 15.2. The summed E-state index contributed by atoms with van der Waals surface area (Å²) in [5.74, 6) is -1.22. The minimum absolute atomic E-state index is 0.0797. The smallest absolute Gasteiger partial charge is 0.294 e. The molecule has 0 radical (unpaired) electrons. The third kappa shape index (κ3) is 4.38. The number of nitrogens with zero attached hydrogens (tertiary/aromatic N) is 2. The van der Waals surface area contributed by atoms with Crippen LogP contribution in [0.5, 0.6) is 0 Å². The van der Waals surface area contributed by atoms with Gasteiger partial charge in [0, 0.05) is 12.1 Å². The van der Waals surface area contributed by atoms with Gasteiger partial charge >= 0.3 is 0 Å². The number of para-hydroxylation sites is 1. The molecule has 3 amide bonds. The second-order valence-corrected chi connectivity index (χ2v) is 7.05. The van der Waals surface area contributed by atoms with Crippen molar-refractivity contribution < 1.29 is 19.3 Å². The molecule has 8 nitrogen and oxygen atoms in total. The van der Waals surface area contributed by atoms with E-state index in [0.29, 0.717) is 28.0 Å². The SMILES string of the molecule is O=C(CN1C(=O)S/C(=C/c2cccc([N+](=O)[O-])c2)C1=O)Nc1ccccc1Cl. The first-order valence-corrected chi connectivity index (χ1v) is 9.09. The number of amides is 3. The molecule has 0 spiro atoms. The summed E-state index contributed by atoms with van der Waals surface area (Å²) in [6.07, 6.45) is 1.38. The van der Waals surface area contributed by atoms with Crippen molar-refractivity contribution in [2.75, 3.05) is 11.9 Å². The zero-order valence-electron chi connectivity index (χ0n) is 14.1. The maximum absolute atomic E-state index is 12.5. The van der Waals surface area contributed by atoms with E-state index >= 15 is 0 Å². The molecule has 0 unspecified atom stereocenters. The van der Waals surface area contributed by atoms with Gasteiger partial charge in [-0.15, -0.1) is 0 Å². The molecule has 1 aliphatic rings. The van der Waals surface area contributed by atoms with Crippen LogP contribution in [0.25, 0.3) is 6.08 Å². The Kier molecular flexibility index (Phi) is 5.76. The molecule has 10 heteroatoms. The molecule has 1 heterocycles. The first-order valence-electron chi connectivity index (χ1n) is 7.89. The van der Waals surface area contributed by atoms with Crippen molar-refractivity contribution in [1.29, 1.82) is 0 Å². The van der Waals surface area contributed by atoms with Gasteiger partial charge in [-0.05, 0) is 35.5 Å². The standard InChI is InChI=1S/C18H12ClN3O5S/c19-13-6-1-2-7-14(13)20-16(23)10-21-17(24)15(28-18(21)25)9-11-4-3-5-12(8-11)22(26)27/h1-9H,10H2,(H,20,23)/b15-9+. The summed E-state index contributed by atoms with van der Waals surface area (Å²) in [4.78, 5) is 48.0. The van der Waals surface area contributed by atoms with Crippen LogP contribution in [-0.2, 0) is 9.59 Å². The van der Waals surface area contributed by atoms with E-state index in [2.05, 4.69) is 5.32 Å². The molecule has 1 aliphatic heterocycles. The molecule has 0 atom stereocenters. The number of benzene rings is 2. The lowest BCUT2D eigenvalue weighted by molar-refractivity contribution is -0.384. The van der Waals surface area contributed by atoms with Gasteiger partial charge in [-0.2, -0.15) is 0 Å². The van der Waals surface area contributed by atoms with Crippen LogP contribution in [0.3, 0.4) is 0 Å². The lowest BCUT2D eigenvalue weighted by Gasteiger charge is -2.13. The number of nitro benzene ring substituents is 1. The number of rotatable bonds is 5. The van der Waals surface area contributed by atoms with Gasteiger partial charge in [-0.3, -0.25) is 29.4 Å². The fourth-order valence-corrected chi connectivity index (χ4v) is 3.43. The van der Waals surface area contributed by atoms with Crippen molar-refractivity contribution >= 4 is 57.9 Å². The van der Waals surface area contributed by atoms with E-state index in [1.807, 2.05) is 0 Å². The van der Waals surface area contributed by atoms with Crippen molar-refractivity contribution in [2.24, 2.45) is 0 Å². The highest BCUT2D eigenvalue weighted by molar-refractivity contribution is 8.18. The largest absolute Gasteiger partial charge is 0.323 e. The van der Waals surface area contributed by atoms with Crippen LogP contribution in [0.4, 0.5) is 16.2 Å². The highest BCUT2D eigenvalue weighted by atomic mass is 35.5. The predicted molar refractivity (Wildman–Crippen MR) is 106 cm³/mol. The molecule has 0 bridgehead atoms. The van der Waals surface area contributed by atoms with Crippen molar-refractivity contribution in [3.63, 3.8) is 0 Å². The molecule has 142 valence electrons. The van der Waals surface area contributed by atoms with Crippen LogP contribution in [0.15, 0.2) is 53.4 Å². The Hall–Kier alpha value is -3.17. The molecule has 1 saturated heterocycles. The minimum atomic E-state index is -0.643.